The molecule has 1 nitrogen and oxygen atoms in total. The van der Waals surface area contributed by atoms with Gasteiger partial charge in [-0.25, -0.2) is 0 Å². The van der Waals surface area contributed by atoms with Crippen LogP contribution < -0.4 is 4.74 Å². The lowest BCUT2D eigenvalue weighted by Crippen LogP contribution is -2.04. The van der Waals surface area contributed by atoms with Gasteiger partial charge in [-0.3, -0.25) is 0 Å². The lowest BCUT2D eigenvalue weighted by Gasteiger charge is -2.09. The molecule has 0 aliphatic rings. The molecule has 0 N–H and O–H groups in total. The monoisotopic (exact) mass is 236 g/mol. The van der Waals surface area contributed by atoms with Crippen molar-refractivity contribution >= 4 is 11.6 Å². The van der Waals surface area contributed by atoms with Crippen LogP contribution in [0.1, 0.15) is 25.0 Å². The lowest BCUT2D eigenvalue weighted by molar-refractivity contribution is 0.271. The summed E-state index contributed by atoms with van der Waals surface area (Å²) >= 11 is 5.52. The van der Waals surface area contributed by atoms with E-state index >= 15 is 0 Å². The summed E-state index contributed by atoms with van der Waals surface area (Å²) in [6, 6.07) is 5.94. The molecular weight excluding hydrogens is 220 g/mol. The molecule has 0 aromatic heterocycles. The first-order valence-electron chi connectivity index (χ1n) is 5.41. The van der Waals surface area contributed by atoms with E-state index in [1.165, 1.54) is 0 Å². The number of ether oxygens (including phenoxy) is 1. The Balaban J connectivity index is 2.74. The van der Waals surface area contributed by atoms with Crippen LogP contribution in [0.3, 0.4) is 0 Å². The molecule has 0 spiro atoms. The average molecular weight is 237 g/mol. The second-order valence-corrected chi connectivity index (χ2v) is 4.38. The Morgan fingerprint density at radius 2 is 2.12 bits per heavy atom. The lowest BCUT2D eigenvalue weighted by atomic mass is 10.1. The van der Waals surface area contributed by atoms with Crippen LogP contribution in [0.2, 0.25) is 0 Å². The minimum atomic E-state index is 0.366. The van der Waals surface area contributed by atoms with E-state index < -0.39 is 0 Å². The molecule has 0 saturated heterocycles. The van der Waals surface area contributed by atoms with Gasteiger partial charge in [0.15, 0.2) is 0 Å². The topological polar surface area (TPSA) is 9.23 Å². The first-order chi connectivity index (χ1) is 7.63. The van der Waals surface area contributed by atoms with Gasteiger partial charge in [0.1, 0.15) is 5.75 Å². The van der Waals surface area contributed by atoms with Gasteiger partial charge in [-0.2, -0.15) is 0 Å². The quantitative estimate of drug-likeness (QED) is 0.575. The summed E-state index contributed by atoms with van der Waals surface area (Å²) in [5.74, 6) is 7.68. The Bertz CT molecular complexity index is 399. The molecule has 2 heteroatoms. The Morgan fingerprint density at radius 3 is 2.69 bits per heavy atom. The van der Waals surface area contributed by atoms with Crippen molar-refractivity contribution in [2.24, 2.45) is 5.92 Å². The molecule has 0 heterocycles. The summed E-state index contributed by atoms with van der Waals surface area (Å²) in [4.78, 5) is 0. The van der Waals surface area contributed by atoms with Gasteiger partial charge in [0.2, 0.25) is 0 Å². The van der Waals surface area contributed by atoms with E-state index in [1.54, 1.807) is 0 Å². The molecule has 0 aliphatic carbocycles. The number of hydrogen-bond acceptors (Lipinski definition) is 1. The molecule has 16 heavy (non-hydrogen) atoms. The Kier molecular flexibility index (Phi) is 5.22. The first kappa shape index (κ1) is 12.9. The Hall–Kier alpha value is -1.13. The molecule has 1 aromatic rings. The SMILES string of the molecule is Cc1cc(OCC(C)C)ccc1C#CCCl. The van der Waals surface area contributed by atoms with Crippen LogP contribution >= 0.6 is 11.6 Å². The van der Waals surface area contributed by atoms with Crippen molar-refractivity contribution in [3.8, 4) is 17.6 Å². The third-order valence-corrected chi connectivity index (χ3v) is 2.20. The maximum atomic E-state index is 5.63. The number of benzene rings is 1. The summed E-state index contributed by atoms with van der Waals surface area (Å²) in [5.41, 5.74) is 2.14. The van der Waals surface area contributed by atoms with Gasteiger partial charge in [-0.05, 0) is 36.6 Å². The molecule has 0 amide bonds. The van der Waals surface area contributed by atoms with E-state index in [1.807, 2.05) is 25.1 Å². The van der Waals surface area contributed by atoms with Crippen LogP contribution in [0.25, 0.3) is 0 Å². The fraction of sp³-hybridized carbons (Fsp3) is 0.429. The van der Waals surface area contributed by atoms with E-state index in [4.69, 9.17) is 16.3 Å². The molecule has 1 aromatic carbocycles. The van der Waals surface area contributed by atoms with Crippen LogP contribution in [0.5, 0.6) is 5.75 Å². The van der Waals surface area contributed by atoms with Crippen LogP contribution in [0, 0.1) is 24.7 Å². The number of rotatable bonds is 3. The van der Waals surface area contributed by atoms with Crippen LogP contribution in [0.4, 0.5) is 0 Å². The number of alkyl halides is 1. The van der Waals surface area contributed by atoms with Gasteiger partial charge in [0.05, 0.1) is 12.5 Å². The maximum Gasteiger partial charge on any atom is 0.119 e. The van der Waals surface area contributed by atoms with Crippen molar-refractivity contribution in [3.05, 3.63) is 29.3 Å². The largest absolute Gasteiger partial charge is 0.493 e. The van der Waals surface area contributed by atoms with E-state index in [-0.39, 0.29) is 0 Å². The fourth-order valence-electron chi connectivity index (χ4n) is 1.26. The summed E-state index contributed by atoms with van der Waals surface area (Å²) in [7, 11) is 0. The van der Waals surface area contributed by atoms with Crippen molar-refractivity contribution in [1.29, 1.82) is 0 Å². The van der Waals surface area contributed by atoms with Gasteiger partial charge < -0.3 is 4.74 Å². The van der Waals surface area contributed by atoms with Crippen molar-refractivity contribution in [2.75, 3.05) is 12.5 Å². The molecule has 0 bridgehead atoms. The van der Waals surface area contributed by atoms with Crippen molar-refractivity contribution in [3.63, 3.8) is 0 Å². The smallest absolute Gasteiger partial charge is 0.119 e. The molecule has 0 atom stereocenters. The van der Waals surface area contributed by atoms with Crippen LogP contribution in [-0.2, 0) is 0 Å². The van der Waals surface area contributed by atoms with Gasteiger partial charge >= 0.3 is 0 Å². The molecule has 0 saturated carbocycles. The second-order valence-electron chi connectivity index (χ2n) is 4.12. The van der Waals surface area contributed by atoms with E-state index in [2.05, 4.69) is 25.7 Å². The van der Waals surface area contributed by atoms with E-state index in [0.29, 0.717) is 11.8 Å². The third-order valence-electron chi connectivity index (χ3n) is 2.07. The highest BCUT2D eigenvalue weighted by Gasteiger charge is 2.00. The standard InChI is InChI=1S/C14H17ClO/c1-11(2)10-16-14-7-6-13(5-4-8-15)12(3)9-14/h6-7,9,11H,8,10H2,1-3H3. The third kappa shape index (κ3) is 4.16. The minimum absolute atomic E-state index is 0.366. The van der Waals surface area contributed by atoms with E-state index in [0.717, 1.165) is 23.5 Å². The fourth-order valence-corrected chi connectivity index (χ4v) is 1.32. The van der Waals surface area contributed by atoms with Crippen molar-refractivity contribution < 1.29 is 4.74 Å². The van der Waals surface area contributed by atoms with Crippen molar-refractivity contribution in [1.82, 2.24) is 0 Å². The molecule has 0 fully saturated rings. The predicted octanol–water partition coefficient (Wildman–Crippen LogP) is 3.62. The van der Waals surface area contributed by atoms with Gasteiger partial charge in [0.25, 0.3) is 0 Å². The highest BCUT2D eigenvalue weighted by Crippen LogP contribution is 2.17. The van der Waals surface area contributed by atoms with E-state index in [9.17, 15) is 0 Å². The van der Waals surface area contributed by atoms with Gasteiger partial charge in [-0.1, -0.05) is 25.7 Å². The predicted molar refractivity (Wildman–Crippen MR) is 69.1 cm³/mol. The zero-order chi connectivity index (χ0) is 12.0. The molecule has 86 valence electrons. The number of aryl methyl sites for hydroxylation is 1. The summed E-state index contributed by atoms with van der Waals surface area (Å²) < 4.78 is 5.63. The maximum absolute atomic E-state index is 5.63. The molecule has 1 rings (SSSR count). The zero-order valence-corrected chi connectivity index (χ0v) is 10.8. The normalized spacial score (nSPS) is 9.81. The minimum Gasteiger partial charge on any atom is -0.493 e. The Morgan fingerprint density at radius 1 is 1.38 bits per heavy atom. The molecule has 0 aliphatic heterocycles. The highest BCUT2D eigenvalue weighted by atomic mass is 35.5. The number of hydrogen-bond donors (Lipinski definition) is 0. The summed E-state index contributed by atoms with van der Waals surface area (Å²) in [6.45, 7) is 7.03. The molecular formula is C14H17ClO. The highest BCUT2D eigenvalue weighted by molar-refractivity contribution is 6.19. The zero-order valence-electron chi connectivity index (χ0n) is 10.0. The summed E-state index contributed by atoms with van der Waals surface area (Å²) in [5, 5.41) is 0. The molecule has 0 radical (unpaired) electrons. The number of halogens is 1. The van der Waals surface area contributed by atoms with Gasteiger partial charge in [0, 0.05) is 5.56 Å². The molecule has 0 unspecified atom stereocenters. The Labute approximate surface area is 103 Å². The first-order valence-corrected chi connectivity index (χ1v) is 5.95. The second kappa shape index (κ2) is 6.45. The van der Waals surface area contributed by atoms with Crippen LogP contribution in [0.15, 0.2) is 18.2 Å². The van der Waals surface area contributed by atoms with Crippen molar-refractivity contribution in [2.45, 2.75) is 20.8 Å². The summed E-state index contributed by atoms with van der Waals surface area (Å²) in [6.07, 6.45) is 0. The average Bonchev–Trinajstić information content (AvgIpc) is 2.25. The van der Waals surface area contributed by atoms with Gasteiger partial charge in [-0.15, -0.1) is 11.6 Å². The van der Waals surface area contributed by atoms with Crippen LogP contribution in [-0.4, -0.2) is 12.5 Å².